The van der Waals surface area contributed by atoms with Gasteiger partial charge >= 0.3 is 0 Å². The minimum absolute atomic E-state index is 0.0622. The Morgan fingerprint density at radius 2 is 1.28 bits per heavy atom. The van der Waals surface area contributed by atoms with Crippen molar-refractivity contribution >= 4 is 17.5 Å². The summed E-state index contributed by atoms with van der Waals surface area (Å²) < 4.78 is 0. The Kier molecular flexibility index (Phi) is 35.3. The predicted molar refractivity (Wildman–Crippen MR) is 76.4 cm³/mol. The number of ketones is 2. The molecule has 0 aliphatic rings. The van der Waals surface area contributed by atoms with E-state index in [1.165, 1.54) is 6.92 Å². The molecule has 0 saturated heterocycles. The van der Waals surface area contributed by atoms with Gasteiger partial charge in [0.15, 0.2) is 0 Å². The van der Waals surface area contributed by atoms with Gasteiger partial charge in [0.2, 0.25) is 5.91 Å². The number of nitrogens with two attached hydrogens (primary N) is 1. The van der Waals surface area contributed by atoms with Gasteiger partial charge in [0, 0.05) is 6.42 Å². The van der Waals surface area contributed by atoms with E-state index in [0.29, 0.717) is 6.42 Å². The first-order valence-corrected chi connectivity index (χ1v) is 6.39. The lowest BCUT2D eigenvalue weighted by Gasteiger charge is -1.96. The fraction of sp³-hybridized carbons (Fsp3) is 0.769. The standard InChI is InChI=1S/C5H10N2O2.C4H8O.2C2H6/c1-4(8)3-7-5(9)2-6;1-3-4(2)5;2*1-2/h2-3,6H2,1H3,(H,7,9);3H2,1-2H3;2*1-2H3. The molecule has 0 heterocycles. The SMILES string of the molecule is CC.CC.CC(=O)CNC(=O)CN.CCC(C)=O. The van der Waals surface area contributed by atoms with Gasteiger partial charge < -0.3 is 15.8 Å². The molecule has 1 amide bonds. The van der Waals surface area contributed by atoms with Crippen LogP contribution in [0.5, 0.6) is 0 Å². The molecule has 0 radical (unpaired) electrons. The highest BCUT2D eigenvalue weighted by Crippen LogP contribution is 1.71. The van der Waals surface area contributed by atoms with Crippen LogP contribution in [0.25, 0.3) is 0 Å². The summed E-state index contributed by atoms with van der Waals surface area (Å²) in [6.45, 7) is 12.8. The minimum atomic E-state index is -0.301. The summed E-state index contributed by atoms with van der Waals surface area (Å²) in [7, 11) is 0. The van der Waals surface area contributed by atoms with Crippen molar-refractivity contribution in [2.24, 2.45) is 5.73 Å². The van der Waals surface area contributed by atoms with Crippen LogP contribution in [0.4, 0.5) is 0 Å². The van der Waals surface area contributed by atoms with E-state index < -0.39 is 0 Å². The van der Waals surface area contributed by atoms with Crippen LogP contribution in [0.2, 0.25) is 0 Å². The monoisotopic (exact) mass is 262 g/mol. The Balaban J connectivity index is -0.0000000925. The first-order chi connectivity index (χ1) is 8.43. The normalized spacial score (nSPS) is 7.11. The molecule has 0 aromatic carbocycles. The lowest BCUT2D eigenvalue weighted by atomic mass is 10.4. The molecule has 0 unspecified atom stereocenters. The second kappa shape index (κ2) is 24.8. The molecule has 0 aliphatic heterocycles. The van der Waals surface area contributed by atoms with E-state index in [0.717, 1.165) is 0 Å². The van der Waals surface area contributed by atoms with Crippen molar-refractivity contribution in [2.45, 2.75) is 54.9 Å². The van der Waals surface area contributed by atoms with Gasteiger partial charge in [-0.05, 0) is 13.8 Å². The Morgan fingerprint density at radius 3 is 1.44 bits per heavy atom. The van der Waals surface area contributed by atoms with Crippen molar-refractivity contribution < 1.29 is 14.4 Å². The largest absolute Gasteiger partial charge is 0.348 e. The number of hydrogen-bond donors (Lipinski definition) is 2. The number of carbonyl (C=O) groups excluding carboxylic acids is 3. The van der Waals surface area contributed by atoms with Crippen LogP contribution >= 0.6 is 0 Å². The molecule has 5 heteroatoms. The van der Waals surface area contributed by atoms with Crippen LogP contribution in [0.3, 0.4) is 0 Å². The summed E-state index contributed by atoms with van der Waals surface area (Å²) in [6.07, 6.45) is 0.667. The van der Waals surface area contributed by atoms with E-state index in [4.69, 9.17) is 5.73 Å². The van der Waals surface area contributed by atoms with Gasteiger partial charge in [-0.1, -0.05) is 34.6 Å². The zero-order chi connectivity index (χ0) is 15.6. The first-order valence-electron chi connectivity index (χ1n) is 6.39. The summed E-state index contributed by atoms with van der Waals surface area (Å²) in [5.41, 5.74) is 4.93. The maximum absolute atomic E-state index is 10.3. The molecule has 5 nitrogen and oxygen atoms in total. The number of amides is 1. The van der Waals surface area contributed by atoms with Gasteiger partial charge in [0.25, 0.3) is 0 Å². The smallest absolute Gasteiger partial charge is 0.234 e. The van der Waals surface area contributed by atoms with E-state index >= 15 is 0 Å². The number of carbonyl (C=O) groups is 3. The highest BCUT2D eigenvalue weighted by molar-refractivity contribution is 5.85. The van der Waals surface area contributed by atoms with Crippen LogP contribution < -0.4 is 11.1 Å². The van der Waals surface area contributed by atoms with Crippen molar-refractivity contribution in [3.8, 4) is 0 Å². The molecule has 0 aliphatic carbocycles. The minimum Gasteiger partial charge on any atom is -0.348 e. The molecule has 18 heavy (non-hydrogen) atoms. The molecular weight excluding hydrogens is 232 g/mol. The summed E-state index contributed by atoms with van der Waals surface area (Å²) >= 11 is 0. The van der Waals surface area contributed by atoms with Gasteiger partial charge in [-0.15, -0.1) is 0 Å². The maximum atomic E-state index is 10.3. The van der Waals surface area contributed by atoms with E-state index in [2.05, 4.69) is 5.32 Å². The fourth-order valence-electron chi connectivity index (χ4n) is 0.295. The number of hydrogen-bond acceptors (Lipinski definition) is 4. The van der Waals surface area contributed by atoms with Crippen LogP contribution in [0.1, 0.15) is 54.9 Å². The van der Waals surface area contributed by atoms with Crippen molar-refractivity contribution in [1.29, 1.82) is 0 Å². The molecule has 0 aromatic heterocycles. The van der Waals surface area contributed by atoms with Gasteiger partial charge in [-0.2, -0.15) is 0 Å². The van der Waals surface area contributed by atoms with E-state index in [1.807, 2.05) is 34.6 Å². The van der Waals surface area contributed by atoms with Gasteiger partial charge in [0.05, 0.1) is 13.1 Å². The highest BCUT2D eigenvalue weighted by atomic mass is 16.2. The Labute approximate surface area is 112 Å². The quantitative estimate of drug-likeness (QED) is 0.806. The van der Waals surface area contributed by atoms with Crippen LogP contribution in [0.15, 0.2) is 0 Å². The van der Waals surface area contributed by atoms with E-state index in [1.54, 1.807) is 6.92 Å². The second-order valence-corrected chi connectivity index (χ2v) is 2.74. The molecule has 0 saturated carbocycles. The van der Waals surface area contributed by atoms with Gasteiger partial charge in [-0.25, -0.2) is 0 Å². The Bertz CT molecular complexity index is 204. The molecule has 0 fully saturated rings. The second-order valence-electron chi connectivity index (χ2n) is 2.74. The molecule has 3 N–H and O–H groups in total. The summed E-state index contributed by atoms with van der Waals surface area (Å²) in [6, 6.07) is 0. The van der Waals surface area contributed by atoms with Crippen LogP contribution in [-0.2, 0) is 14.4 Å². The zero-order valence-electron chi connectivity index (χ0n) is 12.9. The molecule has 110 valence electrons. The van der Waals surface area contributed by atoms with E-state index in [9.17, 15) is 14.4 Å². The fourth-order valence-corrected chi connectivity index (χ4v) is 0.295. The maximum Gasteiger partial charge on any atom is 0.234 e. The Hall–Kier alpha value is -1.23. The van der Waals surface area contributed by atoms with Crippen LogP contribution in [-0.4, -0.2) is 30.6 Å². The number of Topliss-reactive ketones (excluding diaryl/α,β-unsaturated/α-hetero) is 2. The van der Waals surface area contributed by atoms with Gasteiger partial charge in [-0.3, -0.25) is 9.59 Å². The third kappa shape index (κ3) is 46.4. The third-order valence-electron chi connectivity index (χ3n) is 1.22. The topological polar surface area (TPSA) is 89.3 Å². The number of rotatable bonds is 4. The predicted octanol–water partition coefficient (Wildman–Crippen LogP) is 1.69. The molecule has 0 aromatic rings. The molecule has 0 rings (SSSR count). The summed E-state index contributed by atoms with van der Waals surface area (Å²) in [5.74, 6) is -0.119. The first kappa shape index (κ1) is 25.6. The molecule has 0 spiro atoms. The Morgan fingerprint density at radius 1 is 0.944 bits per heavy atom. The zero-order valence-corrected chi connectivity index (χ0v) is 12.9. The molecule has 0 atom stereocenters. The molecular formula is C13H30N2O3. The lowest BCUT2D eigenvalue weighted by molar-refractivity contribution is -0.123. The summed E-state index contributed by atoms with van der Waals surface area (Å²) in [5, 5.41) is 2.32. The van der Waals surface area contributed by atoms with Gasteiger partial charge in [0.1, 0.15) is 11.6 Å². The third-order valence-corrected chi connectivity index (χ3v) is 1.22. The van der Waals surface area contributed by atoms with Crippen molar-refractivity contribution in [2.75, 3.05) is 13.1 Å². The average Bonchev–Trinajstić information content (AvgIpc) is 2.41. The van der Waals surface area contributed by atoms with Crippen molar-refractivity contribution in [1.82, 2.24) is 5.32 Å². The summed E-state index contributed by atoms with van der Waals surface area (Å²) in [4.78, 5) is 30.3. The molecule has 0 bridgehead atoms. The number of nitrogens with one attached hydrogen (secondary N) is 1. The average molecular weight is 262 g/mol. The lowest BCUT2D eigenvalue weighted by Crippen LogP contribution is -2.33. The van der Waals surface area contributed by atoms with E-state index in [-0.39, 0.29) is 30.6 Å². The van der Waals surface area contributed by atoms with Crippen molar-refractivity contribution in [3.63, 3.8) is 0 Å². The highest BCUT2D eigenvalue weighted by Gasteiger charge is 1.96. The van der Waals surface area contributed by atoms with Crippen molar-refractivity contribution in [3.05, 3.63) is 0 Å². The van der Waals surface area contributed by atoms with Crippen LogP contribution in [0, 0.1) is 0 Å².